The molecule has 1 aromatic carbocycles. The van der Waals surface area contributed by atoms with Crippen LogP contribution in [0, 0.1) is 12.7 Å². The van der Waals surface area contributed by atoms with Crippen molar-refractivity contribution in [3.05, 3.63) is 64.7 Å². The second-order valence-electron chi connectivity index (χ2n) is 6.98. The first-order valence-corrected chi connectivity index (χ1v) is 8.90. The molecule has 6 nitrogen and oxygen atoms in total. The number of aromatic nitrogens is 4. The molecule has 1 atom stereocenters. The number of carbonyl (C=O) groups excluding carboxylic acids is 1. The van der Waals surface area contributed by atoms with E-state index < -0.39 is 35.3 Å². The fourth-order valence-electron chi connectivity index (χ4n) is 3.67. The summed E-state index contributed by atoms with van der Waals surface area (Å²) in [5.41, 5.74) is 0.365. The Morgan fingerprint density at radius 2 is 2.07 bits per heavy atom. The van der Waals surface area contributed by atoms with E-state index in [1.54, 1.807) is 25.1 Å². The molecule has 29 heavy (non-hydrogen) atoms. The number of hydrogen-bond acceptors (Lipinski definition) is 3. The first kappa shape index (κ1) is 19.2. The topological polar surface area (TPSA) is 64.7 Å². The fourth-order valence-corrected chi connectivity index (χ4v) is 3.67. The molecule has 0 fully saturated rings. The maximum absolute atomic E-state index is 14.5. The van der Waals surface area contributed by atoms with Gasteiger partial charge >= 0.3 is 6.18 Å². The molecule has 152 valence electrons. The lowest BCUT2D eigenvalue weighted by Gasteiger charge is -2.13. The molecular weight excluding hydrogens is 390 g/mol. The van der Waals surface area contributed by atoms with E-state index >= 15 is 0 Å². The quantitative estimate of drug-likeness (QED) is 0.676. The first-order chi connectivity index (χ1) is 13.7. The van der Waals surface area contributed by atoms with Gasteiger partial charge in [0.25, 0.3) is 5.91 Å². The van der Waals surface area contributed by atoms with Gasteiger partial charge in [-0.2, -0.15) is 18.3 Å². The van der Waals surface area contributed by atoms with Gasteiger partial charge in [-0.05, 0) is 31.4 Å². The Labute approximate surface area is 163 Å². The van der Waals surface area contributed by atoms with E-state index in [-0.39, 0.29) is 0 Å². The van der Waals surface area contributed by atoms with Crippen LogP contribution in [0.1, 0.15) is 45.5 Å². The third-order valence-electron chi connectivity index (χ3n) is 5.07. The van der Waals surface area contributed by atoms with Gasteiger partial charge in [-0.1, -0.05) is 12.1 Å². The SMILES string of the molecule is Cc1cccc(-n2ncc3c2CCC3NC(=O)c2ncn(C)c2C(F)(F)F)c1F. The predicted octanol–water partition coefficient (Wildman–Crippen LogP) is 3.49. The first-order valence-electron chi connectivity index (χ1n) is 8.90. The summed E-state index contributed by atoms with van der Waals surface area (Å²) in [6, 6.07) is 4.44. The maximum Gasteiger partial charge on any atom is 0.433 e. The minimum absolute atomic E-state index is 0.294. The summed E-state index contributed by atoms with van der Waals surface area (Å²) in [6.45, 7) is 1.65. The lowest BCUT2D eigenvalue weighted by atomic mass is 10.1. The van der Waals surface area contributed by atoms with Crippen molar-refractivity contribution in [3.8, 4) is 5.69 Å². The summed E-state index contributed by atoms with van der Waals surface area (Å²) in [6.07, 6.45) is -1.26. The highest BCUT2D eigenvalue weighted by atomic mass is 19.4. The monoisotopic (exact) mass is 407 g/mol. The second kappa shape index (κ2) is 6.71. The van der Waals surface area contributed by atoms with Gasteiger partial charge in [0.1, 0.15) is 5.69 Å². The van der Waals surface area contributed by atoms with Crippen LogP contribution < -0.4 is 5.32 Å². The van der Waals surface area contributed by atoms with Crippen LogP contribution in [0.15, 0.2) is 30.7 Å². The molecule has 0 spiro atoms. The molecule has 1 aliphatic rings. The molecule has 4 rings (SSSR count). The minimum Gasteiger partial charge on any atom is -0.344 e. The number of rotatable bonds is 3. The zero-order chi connectivity index (χ0) is 20.9. The molecule has 2 aromatic heterocycles. The second-order valence-corrected chi connectivity index (χ2v) is 6.98. The minimum atomic E-state index is -4.70. The summed E-state index contributed by atoms with van der Waals surface area (Å²) in [7, 11) is 1.18. The van der Waals surface area contributed by atoms with Crippen molar-refractivity contribution < 1.29 is 22.4 Å². The molecule has 10 heteroatoms. The Morgan fingerprint density at radius 1 is 1.31 bits per heavy atom. The molecular formula is C19H17F4N5O. The zero-order valence-corrected chi connectivity index (χ0v) is 15.6. The van der Waals surface area contributed by atoms with E-state index in [2.05, 4.69) is 15.4 Å². The Kier molecular flexibility index (Phi) is 4.44. The molecule has 0 radical (unpaired) electrons. The molecule has 0 saturated carbocycles. The molecule has 1 N–H and O–H groups in total. The van der Waals surface area contributed by atoms with Crippen molar-refractivity contribution in [2.75, 3.05) is 0 Å². The maximum atomic E-state index is 14.5. The molecule has 0 aliphatic heterocycles. The standard InChI is InChI=1S/C19H17F4N5O/c1-10-4-3-5-14(15(10)20)28-13-7-6-12(11(13)8-25-28)26-18(29)16-17(19(21,22)23)27(2)9-24-16/h3-5,8-9,12H,6-7H2,1-2H3,(H,26,29). The van der Waals surface area contributed by atoms with Crippen molar-refractivity contribution in [2.45, 2.75) is 32.0 Å². The van der Waals surface area contributed by atoms with Crippen LogP contribution in [0.2, 0.25) is 0 Å². The summed E-state index contributed by atoms with van der Waals surface area (Å²) in [5.74, 6) is -1.31. The number of hydrogen-bond donors (Lipinski definition) is 1. The molecule has 1 unspecified atom stereocenters. The number of alkyl halides is 3. The average Bonchev–Trinajstić information content (AvgIpc) is 3.33. The number of fused-ring (bicyclic) bond motifs is 1. The van der Waals surface area contributed by atoms with E-state index in [0.29, 0.717) is 29.7 Å². The molecule has 0 saturated heterocycles. The van der Waals surface area contributed by atoms with Crippen LogP contribution in [0.4, 0.5) is 17.6 Å². The van der Waals surface area contributed by atoms with Crippen molar-refractivity contribution >= 4 is 5.91 Å². The van der Waals surface area contributed by atoms with Gasteiger partial charge < -0.3 is 9.88 Å². The Balaban J connectivity index is 1.62. The van der Waals surface area contributed by atoms with Gasteiger partial charge in [-0.25, -0.2) is 14.1 Å². The number of benzene rings is 1. The van der Waals surface area contributed by atoms with E-state index in [1.807, 2.05) is 0 Å². The lowest BCUT2D eigenvalue weighted by Crippen LogP contribution is -2.29. The lowest BCUT2D eigenvalue weighted by molar-refractivity contribution is -0.143. The van der Waals surface area contributed by atoms with Gasteiger partial charge in [0.15, 0.2) is 17.2 Å². The number of halogens is 4. The van der Waals surface area contributed by atoms with Crippen molar-refractivity contribution in [1.29, 1.82) is 0 Å². The summed E-state index contributed by atoms with van der Waals surface area (Å²) < 4.78 is 56.4. The van der Waals surface area contributed by atoms with Crippen LogP contribution in [-0.4, -0.2) is 25.2 Å². The van der Waals surface area contributed by atoms with Crippen LogP contribution in [0.3, 0.4) is 0 Å². The number of nitrogens with one attached hydrogen (secondary N) is 1. The molecule has 0 bridgehead atoms. The van der Waals surface area contributed by atoms with Crippen molar-refractivity contribution in [3.63, 3.8) is 0 Å². The van der Waals surface area contributed by atoms with Gasteiger partial charge in [0, 0.05) is 18.3 Å². The highest BCUT2D eigenvalue weighted by Gasteiger charge is 2.40. The van der Waals surface area contributed by atoms with Crippen LogP contribution in [0.5, 0.6) is 0 Å². The largest absolute Gasteiger partial charge is 0.433 e. The predicted molar refractivity (Wildman–Crippen MR) is 95.0 cm³/mol. The number of carbonyl (C=O) groups is 1. The molecule has 3 aromatic rings. The zero-order valence-electron chi connectivity index (χ0n) is 15.6. The smallest absolute Gasteiger partial charge is 0.344 e. The number of nitrogens with zero attached hydrogens (tertiary/aromatic N) is 4. The van der Waals surface area contributed by atoms with E-state index in [1.165, 1.54) is 17.9 Å². The van der Waals surface area contributed by atoms with E-state index in [4.69, 9.17) is 0 Å². The van der Waals surface area contributed by atoms with Crippen molar-refractivity contribution in [1.82, 2.24) is 24.6 Å². The Bertz CT molecular complexity index is 1100. The van der Waals surface area contributed by atoms with Crippen molar-refractivity contribution in [2.24, 2.45) is 7.05 Å². The normalized spacial score (nSPS) is 16.1. The van der Waals surface area contributed by atoms with Crippen LogP contribution >= 0.6 is 0 Å². The third kappa shape index (κ3) is 3.18. The number of amides is 1. The average molecular weight is 407 g/mol. The molecule has 1 aliphatic carbocycles. The summed E-state index contributed by atoms with van der Waals surface area (Å²) >= 11 is 0. The summed E-state index contributed by atoms with van der Waals surface area (Å²) in [5, 5.41) is 6.83. The number of aryl methyl sites for hydroxylation is 2. The van der Waals surface area contributed by atoms with E-state index in [9.17, 15) is 22.4 Å². The summed E-state index contributed by atoms with van der Waals surface area (Å²) in [4.78, 5) is 16.1. The van der Waals surface area contributed by atoms with Gasteiger partial charge in [-0.15, -0.1) is 0 Å². The highest BCUT2D eigenvalue weighted by Crippen LogP contribution is 2.35. The third-order valence-corrected chi connectivity index (χ3v) is 5.07. The Morgan fingerprint density at radius 3 is 2.79 bits per heavy atom. The van der Waals surface area contributed by atoms with Crippen LogP contribution in [0.25, 0.3) is 5.69 Å². The molecule has 1 amide bonds. The molecule has 2 heterocycles. The fraction of sp³-hybridized carbons (Fsp3) is 0.316. The van der Waals surface area contributed by atoms with Crippen LogP contribution in [-0.2, 0) is 19.6 Å². The van der Waals surface area contributed by atoms with Gasteiger partial charge in [-0.3, -0.25) is 4.79 Å². The number of imidazole rings is 1. The van der Waals surface area contributed by atoms with E-state index in [0.717, 1.165) is 16.6 Å². The highest BCUT2D eigenvalue weighted by molar-refractivity contribution is 5.94. The van der Waals surface area contributed by atoms with Gasteiger partial charge in [0.05, 0.1) is 18.6 Å². The van der Waals surface area contributed by atoms with Gasteiger partial charge in [0.2, 0.25) is 0 Å². The Hall–Kier alpha value is -3.17.